The lowest BCUT2D eigenvalue weighted by molar-refractivity contribution is -0.140. The number of halogens is 5. The van der Waals surface area contributed by atoms with Gasteiger partial charge in [-0.25, -0.2) is 4.39 Å². The molecule has 15 heavy (non-hydrogen) atoms. The SMILES string of the molecule is CCc1c(Cl)cc(C(F)(F)F)c(F)c1C. The second kappa shape index (κ2) is 4.00. The number of benzene rings is 1. The molecule has 1 aromatic carbocycles. The predicted molar refractivity (Wildman–Crippen MR) is 50.5 cm³/mol. The van der Waals surface area contributed by atoms with Crippen molar-refractivity contribution in [2.75, 3.05) is 0 Å². The van der Waals surface area contributed by atoms with E-state index in [9.17, 15) is 17.6 Å². The lowest BCUT2D eigenvalue weighted by atomic mass is 10.0. The van der Waals surface area contributed by atoms with Gasteiger partial charge in [0.15, 0.2) is 0 Å². The van der Waals surface area contributed by atoms with Crippen LogP contribution in [0.5, 0.6) is 0 Å². The van der Waals surface area contributed by atoms with Crippen molar-refractivity contribution in [1.29, 1.82) is 0 Å². The Bertz CT molecular complexity index is 382. The molecule has 0 amide bonds. The summed E-state index contributed by atoms with van der Waals surface area (Å²) in [4.78, 5) is 0. The Kier molecular flexibility index (Phi) is 3.28. The lowest BCUT2D eigenvalue weighted by Gasteiger charge is -2.14. The molecule has 1 rings (SSSR count). The fourth-order valence-corrected chi connectivity index (χ4v) is 1.82. The predicted octanol–water partition coefficient (Wildman–Crippen LogP) is 4.37. The monoisotopic (exact) mass is 240 g/mol. The van der Waals surface area contributed by atoms with E-state index in [1.54, 1.807) is 6.92 Å². The van der Waals surface area contributed by atoms with Gasteiger partial charge in [0.1, 0.15) is 5.82 Å². The maximum Gasteiger partial charge on any atom is 0.419 e. The third-order valence-corrected chi connectivity index (χ3v) is 2.57. The lowest BCUT2D eigenvalue weighted by Crippen LogP contribution is -2.10. The first kappa shape index (κ1) is 12.3. The molecule has 0 aliphatic heterocycles. The molecule has 0 atom stereocenters. The van der Waals surface area contributed by atoms with Gasteiger partial charge in [-0.1, -0.05) is 18.5 Å². The van der Waals surface area contributed by atoms with Crippen molar-refractivity contribution in [1.82, 2.24) is 0 Å². The van der Waals surface area contributed by atoms with Crippen LogP contribution in [0.15, 0.2) is 6.07 Å². The number of hydrogen-bond donors (Lipinski definition) is 0. The van der Waals surface area contributed by atoms with Crippen LogP contribution in [-0.2, 0) is 12.6 Å². The summed E-state index contributed by atoms with van der Waals surface area (Å²) < 4.78 is 50.4. The van der Waals surface area contributed by atoms with Gasteiger partial charge in [-0.3, -0.25) is 0 Å². The average molecular weight is 241 g/mol. The van der Waals surface area contributed by atoms with E-state index >= 15 is 0 Å². The smallest absolute Gasteiger partial charge is 0.206 e. The van der Waals surface area contributed by atoms with Crippen molar-refractivity contribution in [3.05, 3.63) is 33.6 Å². The van der Waals surface area contributed by atoms with Gasteiger partial charge in [0.05, 0.1) is 5.56 Å². The topological polar surface area (TPSA) is 0 Å². The number of rotatable bonds is 1. The van der Waals surface area contributed by atoms with E-state index in [1.807, 2.05) is 0 Å². The van der Waals surface area contributed by atoms with Crippen LogP contribution in [0.3, 0.4) is 0 Å². The molecule has 0 fully saturated rings. The summed E-state index contributed by atoms with van der Waals surface area (Å²) in [5.74, 6) is -1.23. The molecule has 0 aliphatic carbocycles. The van der Waals surface area contributed by atoms with Gasteiger partial charge < -0.3 is 0 Å². The normalized spacial score (nSPS) is 11.9. The van der Waals surface area contributed by atoms with E-state index in [-0.39, 0.29) is 10.6 Å². The molecule has 0 spiro atoms. The summed E-state index contributed by atoms with van der Waals surface area (Å²) in [6.07, 6.45) is -4.30. The highest BCUT2D eigenvalue weighted by molar-refractivity contribution is 6.31. The summed E-state index contributed by atoms with van der Waals surface area (Å²) in [5, 5.41) is -0.0382. The van der Waals surface area contributed by atoms with Crippen LogP contribution in [0.4, 0.5) is 17.6 Å². The minimum atomic E-state index is -4.70. The van der Waals surface area contributed by atoms with Crippen LogP contribution in [0.25, 0.3) is 0 Å². The van der Waals surface area contributed by atoms with Gasteiger partial charge in [-0.05, 0) is 30.5 Å². The minimum Gasteiger partial charge on any atom is -0.206 e. The van der Waals surface area contributed by atoms with Crippen molar-refractivity contribution >= 4 is 11.6 Å². The fraction of sp³-hybridized carbons (Fsp3) is 0.400. The molecule has 0 N–H and O–H groups in total. The second-order valence-electron chi connectivity index (χ2n) is 3.17. The maximum atomic E-state index is 13.3. The van der Waals surface area contributed by atoms with Crippen LogP contribution in [0.1, 0.15) is 23.6 Å². The number of hydrogen-bond acceptors (Lipinski definition) is 0. The molecule has 0 nitrogen and oxygen atoms in total. The summed E-state index contributed by atoms with van der Waals surface area (Å²) >= 11 is 5.65. The van der Waals surface area contributed by atoms with Crippen molar-refractivity contribution in [2.45, 2.75) is 26.4 Å². The van der Waals surface area contributed by atoms with Gasteiger partial charge in [-0.15, -0.1) is 0 Å². The zero-order valence-corrected chi connectivity index (χ0v) is 8.93. The molecule has 0 aromatic heterocycles. The van der Waals surface area contributed by atoms with Crippen LogP contribution < -0.4 is 0 Å². The molecule has 5 heteroatoms. The molecule has 0 bridgehead atoms. The Balaban J connectivity index is 3.48. The molecule has 0 saturated heterocycles. The quantitative estimate of drug-likeness (QED) is 0.640. The molecule has 0 aliphatic rings. The van der Waals surface area contributed by atoms with E-state index in [0.717, 1.165) is 0 Å². The molecule has 0 saturated carbocycles. The van der Waals surface area contributed by atoms with Crippen LogP contribution in [0, 0.1) is 12.7 Å². The summed E-state index contributed by atoms with van der Waals surface area (Å²) in [6, 6.07) is 0.642. The van der Waals surface area contributed by atoms with Crippen LogP contribution in [0.2, 0.25) is 5.02 Å². The van der Waals surface area contributed by atoms with E-state index < -0.39 is 17.6 Å². The maximum absolute atomic E-state index is 13.3. The highest BCUT2D eigenvalue weighted by atomic mass is 35.5. The molecular weight excluding hydrogens is 232 g/mol. The first-order valence-electron chi connectivity index (χ1n) is 4.33. The molecule has 0 heterocycles. The molecule has 84 valence electrons. The number of alkyl halides is 3. The standard InChI is InChI=1S/C10H9ClF4/c1-3-6-5(2)9(12)7(4-8(6)11)10(13,14)15/h4H,3H2,1-2H3. The summed E-state index contributed by atoms with van der Waals surface area (Å²) in [6.45, 7) is 3.01. The third-order valence-electron chi connectivity index (χ3n) is 2.24. The Hall–Kier alpha value is -0.770. The van der Waals surface area contributed by atoms with Gasteiger partial charge in [0, 0.05) is 5.02 Å². The van der Waals surface area contributed by atoms with Crippen molar-refractivity contribution < 1.29 is 17.6 Å². The van der Waals surface area contributed by atoms with E-state index in [1.165, 1.54) is 6.92 Å². The van der Waals surface area contributed by atoms with Crippen LogP contribution in [-0.4, -0.2) is 0 Å². The Morgan fingerprint density at radius 1 is 1.33 bits per heavy atom. The van der Waals surface area contributed by atoms with Gasteiger partial charge in [0.25, 0.3) is 0 Å². The third kappa shape index (κ3) is 2.25. The molecule has 1 aromatic rings. The van der Waals surface area contributed by atoms with Gasteiger partial charge in [-0.2, -0.15) is 13.2 Å². The Morgan fingerprint density at radius 2 is 1.87 bits per heavy atom. The molecular formula is C10H9ClF4. The second-order valence-corrected chi connectivity index (χ2v) is 3.58. The average Bonchev–Trinajstić information content (AvgIpc) is 2.10. The first-order valence-corrected chi connectivity index (χ1v) is 4.71. The minimum absolute atomic E-state index is 0.0303. The highest BCUT2D eigenvalue weighted by Gasteiger charge is 2.35. The first-order chi connectivity index (χ1) is 6.79. The Morgan fingerprint density at radius 3 is 2.27 bits per heavy atom. The van der Waals surface area contributed by atoms with E-state index in [2.05, 4.69) is 0 Å². The van der Waals surface area contributed by atoms with Gasteiger partial charge >= 0.3 is 6.18 Å². The fourth-order valence-electron chi connectivity index (χ4n) is 1.43. The van der Waals surface area contributed by atoms with Gasteiger partial charge in [0.2, 0.25) is 0 Å². The zero-order valence-electron chi connectivity index (χ0n) is 8.17. The Labute approximate surface area is 89.9 Å². The van der Waals surface area contributed by atoms with Crippen molar-refractivity contribution in [3.63, 3.8) is 0 Å². The molecule has 0 unspecified atom stereocenters. The van der Waals surface area contributed by atoms with E-state index in [0.29, 0.717) is 18.1 Å². The van der Waals surface area contributed by atoms with Crippen molar-refractivity contribution in [3.8, 4) is 0 Å². The van der Waals surface area contributed by atoms with Crippen LogP contribution >= 0.6 is 11.6 Å². The summed E-state index contributed by atoms with van der Waals surface area (Å²) in [7, 11) is 0. The largest absolute Gasteiger partial charge is 0.419 e. The molecule has 0 radical (unpaired) electrons. The summed E-state index contributed by atoms with van der Waals surface area (Å²) in [5.41, 5.74) is -0.915. The van der Waals surface area contributed by atoms with E-state index in [4.69, 9.17) is 11.6 Å². The zero-order chi connectivity index (χ0) is 11.8. The van der Waals surface area contributed by atoms with Crippen molar-refractivity contribution in [2.24, 2.45) is 0 Å². The highest BCUT2D eigenvalue weighted by Crippen LogP contribution is 2.36.